The molecular formula is C30H37NO7. The molecule has 8 nitrogen and oxygen atoms in total. The summed E-state index contributed by atoms with van der Waals surface area (Å²) >= 11 is 0. The maximum Gasteiger partial charge on any atom is 0.306 e. The summed E-state index contributed by atoms with van der Waals surface area (Å²) in [5, 5.41) is 0. The van der Waals surface area contributed by atoms with Crippen LogP contribution in [0.25, 0.3) is 0 Å². The average Bonchev–Trinajstić information content (AvgIpc) is 3.45. The number of cyclic esters (lactones) is 1. The third kappa shape index (κ3) is 2.24. The minimum atomic E-state index is -1.31. The Balaban J connectivity index is 1.40. The summed E-state index contributed by atoms with van der Waals surface area (Å²) in [5.74, 6) is -2.11. The lowest BCUT2D eigenvalue weighted by Gasteiger charge is -2.70. The van der Waals surface area contributed by atoms with Gasteiger partial charge in [0.15, 0.2) is 17.3 Å². The van der Waals surface area contributed by atoms with Crippen LogP contribution in [0.3, 0.4) is 0 Å². The highest BCUT2D eigenvalue weighted by atomic mass is 16.6. The van der Waals surface area contributed by atoms with Crippen LogP contribution in [-0.2, 0) is 33.4 Å². The second-order valence-corrected chi connectivity index (χ2v) is 14.3. The number of fused-ring (bicyclic) bond motifs is 4. The molecule has 8 heteroatoms. The van der Waals surface area contributed by atoms with Crippen molar-refractivity contribution in [3.63, 3.8) is 0 Å². The maximum absolute atomic E-state index is 15.4. The number of hydrogen-bond acceptors (Lipinski definition) is 8. The maximum atomic E-state index is 15.4. The molecule has 7 fully saturated rings. The van der Waals surface area contributed by atoms with Gasteiger partial charge in [0.25, 0.3) is 0 Å². The Labute approximate surface area is 222 Å². The number of carbonyl (C=O) groups is 4. The molecule has 0 aromatic carbocycles. The molecule has 4 spiro atoms. The standard InChI is InChI=1S/C30H37NO7/c1-15-8-19-22(20(32)9-15)17(3)23(34)24-27(11-21(33)36-13-27)26(4)5-6-28-10-16(2)7-18(38-28)12-31(28)30(26)25(35)29(19,24)14-37-30/h9,16-19,22,24H,5-8,10-14H2,1-4H3/t16-,17+,18+,19+,22+,24-,26-,27+,28-,29-,30+/m0/s1. The molecule has 0 N–H and O–H groups in total. The highest BCUT2D eigenvalue weighted by Gasteiger charge is 2.89. The van der Waals surface area contributed by atoms with E-state index in [1.54, 1.807) is 6.08 Å². The molecule has 5 aliphatic heterocycles. The monoisotopic (exact) mass is 523 g/mol. The summed E-state index contributed by atoms with van der Waals surface area (Å²) in [5.41, 5.74) is -3.78. The van der Waals surface area contributed by atoms with Gasteiger partial charge in [-0.05, 0) is 56.9 Å². The zero-order chi connectivity index (χ0) is 26.6. The van der Waals surface area contributed by atoms with E-state index in [1.807, 2.05) is 13.8 Å². The number of esters is 1. The highest BCUT2D eigenvalue weighted by molar-refractivity contribution is 6.08. The van der Waals surface area contributed by atoms with E-state index in [2.05, 4.69) is 18.7 Å². The fraction of sp³-hybridized carbons (Fsp3) is 0.800. The smallest absolute Gasteiger partial charge is 0.306 e. The lowest BCUT2D eigenvalue weighted by molar-refractivity contribution is -0.313. The first-order valence-corrected chi connectivity index (χ1v) is 14.5. The molecule has 8 aliphatic rings. The second kappa shape index (κ2) is 6.87. The Morgan fingerprint density at radius 2 is 1.87 bits per heavy atom. The van der Waals surface area contributed by atoms with Crippen molar-refractivity contribution in [3.05, 3.63) is 11.6 Å². The number of ketones is 3. The van der Waals surface area contributed by atoms with Crippen LogP contribution >= 0.6 is 0 Å². The zero-order valence-electron chi connectivity index (χ0n) is 22.7. The molecular weight excluding hydrogens is 486 g/mol. The van der Waals surface area contributed by atoms with Crippen molar-refractivity contribution in [3.8, 4) is 0 Å². The molecule has 2 saturated carbocycles. The van der Waals surface area contributed by atoms with Gasteiger partial charge < -0.3 is 14.2 Å². The first-order chi connectivity index (χ1) is 18.0. The van der Waals surface area contributed by atoms with Crippen LogP contribution in [0.1, 0.15) is 66.2 Å². The number of allylic oxidation sites excluding steroid dienone is 2. The number of hydrogen-bond donors (Lipinski definition) is 0. The summed E-state index contributed by atoms with van der Waals surface area (Å²) in [7, 11) is 0. The van der Waals surface area contributed by atoms with Gasteiger partial charge in [-0.1, -0.05) is 26.3 Å². The van der Waals surface area contributed by atoms with Crippen LogP contribution in [-0.4, -0.2) is 65.5 Å². The number of piperidine rings is 1. The predicted molar refractivity (Wildman–Crippen MR) is 132 cm³/mol. The molecule has 5 heterocycles. The van der Waals surface area contributed by atoms with E-state index < -0.39 is 45.4 Å². The SMILES string of the molecule is CC1=CC(=O)[C@H]2[C@@H](C1)[C@]13CO[C@@]4(C1=O)N1C[C@H]5C[C@H](C)C[C@]1(CC[C@@]4(C)[C@]1(COC(=O)C1)[C@@H]3C(=O)[C@@H]2C)O5. The molecule has 0 amide bonds. The Morgan fingerprint density at radius 3 is 2.61 bits per heavy atom. The second-order valence-electron chi connectivity index (χ2n) is 14.3. The molecule has 0 aromatic heterocycles. The Morgan fingerprint density at radius 1 is 1.08 bits per heavy atom. The Hall–Kier alpha value is -1.90. The molecule has 8 rings (SSSR count). The van der Waals surface area contributed by atoms with Crippen molar-refractivity contribution in [2.75, 3.05) is 19.8 Å². The van der Waals surface area contributed by atoms with E-state index in [1.165, 1.54) is 0 Å². The van der Waals surface area contributed by atoms with Gasteiger partial charge in [0.2, 0.25) is 0 Å². The lowest BCUT2D eigenvalue weighted by Crippen LogP contribution is -2.82. The van der Waals surface area contributed by atoms with Gasteiger partial charge in [0, 0.05) is 35.1 Å². The minimum Gasteiger partial charge on any atom is -0.465 e. The third-order valence-electron chi connectivity index (χ3n) is 12.7. The summed E-state index contributed by atoms with van der Waals surface area (Å²) in [6.45, 7) is 8.96. The first-order valence-electron chi connectivity index (χ1n) is 14.5. The van der Waals surface area contributed by atoms with Crippen molar-refractivity contribution in [1.82, 2.24) is 4.90 Å². The van der Waals surface area contributed by atoms with Gasteiger partial charge >= 0.3 is 5.97 Å². The van der Waals surface area contributed by atoms with Crippen molar-refractivity contribution in [2.24, 2.45) is 45.8 Å². The molecule has 38 heavy (non-hydrogen) atoms. The lowest BCUT2D eigenvalue weighted by atomic mass is 9.34. The normalized spacial score (nSPS) is 56.8. The third-order valence-corrected chi connectivity index (χ3v) is 12.7. The number of carbonyl (C=O) groups excluding carboxylic acids is 4. The van der Waals surface area contributed by atoms with Crippen LogP contribution in [0, 0.1) is 45.8 Å². The quantitative estimate of drug-likeness (QED) is 0.447. The highest BCUT2D eigenvalue weighted by Crippen LogP contribution is 2.78. The van der Waals surface area contributed by atoms with Crippen molar-refractivity contribution in [2.45, 2.75) is 83.8 Å². The summed E-state index contributed by atoms with van der Waals surface area (Å²) in [4.78, 5) is 58.6. The number of rotatable bonds is 0. The number of Topliss-reactive ketones (excluding diaryl/α,β-unsaturated/α-hetero) is 2. The minimum absolute atomic E-state index is 0.0285. The summed E-state index contributed by atoms with van der Waals surface area (Å²) in [6, 6.07) is 0. The molecule has 5 saturated heterocycles. The van der Waals surface area contributed by atoms with E-state index in [9.17, 15) is 14.4 Å². The average molecular weight is 524 g/mol. The largest absolute Gasteiger partial charge is 0.465 e. The van der Waals surface area contributed by atoms with E-state index in [0.717, 1.165) is 24.8 Å². The van der Waals surface area contributed by atoms with Crippen molar-refractivity contribution < 1.29 is 33.4 Å². The number of ether oxygens (including phenoxy) is 3. The molecule has 3 aliphatic carbocycles. The predicted octanol–water partition coefficient (Wildman–Crippen LogP) is 2.83. The Kier molecular flexibility index (Phi) is 4.33. The van der Waals surface area contributed by atoms with Gasteiger partial charge in [-0.3, -0.25) is 19.2 Å². The van der Waals surface area contributed by atoms with Crippen LogP contribution < -0.4 is 0 Å². The van der Waals surface area contributed by atoms with Crippen LogP contribution in [0.2, 0.25) is 0 Å². The van der Waals surface area contributed by atoms with Gasteiger partial charge in [-0.25, -0.2) is 4.90 Å². The van der Waals surface area contributed by atoms with E-state index in [-0.39, 0.29) is 55.0 Å². The zero-order valence-corrected chi connectivity index (χ0v) is 22.7. The molecule has 0 radical (unpaired) electrons. The molecule has 204 valence electrons. The van der Waals surface area contributed by atoms with Crippen LogP contribution in [0.4, 0.5) is 0 Å². The molecule has 11 atom stereocenters. The van der Waals surface area contributed by atoms with E-state index in [4.69, 9.17) is 14.2 Å². The van der Waals surface area contributed by atoms with E-state index >= 15 is 4.79 Å². The van der Waals surface area contributed by atoms with Crippen LogP contribution in [0.5, 0.6) is 0 Å². The fourth-order valence-corrected chi connectivity index (χ4v) is 11.4. The Bertz CT molecular complexity index is 1260. The van der Waals surface area contributed by atoms with Gasteiger partial charge in [-0.2, -0.15) is 0 Å². The van der Waals surface area contributed by atoms with Crippen molar-refractivity contribution in [1.29, 1.82) is 0 Å². The van der Waals surface area contributed by atoms with Gasteiger partial charge in [0.1, 0.15) is 11.5 Å². The molecule has 0 unspecified atom stereocenters. The number of nitrogens with zero attached hydrogens (tertiary/aromatic N) is 1. The summed E-state index contributed by atoms with van der Waals surface area (Å²) < 4.78 is 19.4. The topological polar surface area (TPSA) is 99.2 Å². The van der Waals surface area contributed by atoms with Gasteiger partial charge in [0.05, 0.1) is 31.2 Å². The summed E-state index contributed by atoms with van der Waals surface area (Å²) in [6.07, 6.45) is 5.50. The van der Waals surface area contributed by atoms with E-state index in [0.29, 0.717) is 25.3 Å². The first kappa shape index (κ1) is 23.9. The van der Waals surface area contributed by atoms with Crippen molar-refractivity contribution >= 4 is 23.3 Å². The van der Waals surface area contributed by atoms with Crippen LogP contribution in [0.15, 0.2) is 11.6 Å². The fourth-order valence-electron chi connectivity index (χ4n) is 11.4. The van der Waals surface area contributed by atoms with Gasteiger partial charge in [-0.15, -0.1) is 0 Å². The molecule has 4 bridgehead atoms. The molecule has 0 aromatic rings.